The Morgan fingerprint density at radius 3 is 0.564 bits per heavy atom. The molecule has 0 aliphatic heterocycles. The fraction of sp³-hybridized carbons (Fsp3) is 0.500. The van der Waals surface area contributed by atoms with Crippen LogP contribution in [0, 0.1) is 27.7 Å². The van der Waals surface area contributed by atoms with Crippen LogP contribution in [-0.2, 0) is 43.3 Å². The minimum atomic E-state index is -1.65. The van der Waals surface area contributed by atoms with Gasteiger partial charge in [-0.3, -0.25) is 0 Å². The molecule has 422 valence electrons. The van der Waals surface area contributed by atoms with Crippen LogP contribution in [0.15, 0.2) is 97.1 Å². The highest BCUT2D eigenvalue weighted by Gasteiger charge is 2.35. The summed E-state index contributed by atoms with van der Waals surface area (Å²) in [5.74, 6) is 3.46. The van der Waals surface area contributed by atoms with Gasteiger partial charge in [-0.25, -0.2) is 0 Å². The van der Waals surface area contributed by atoms with E-state index in [4.69, 9.17) is 18.1 Å². The Morgan fingerprint density at radius 1 is 0.231 bits per heavy atom. The molecule has 0 saturated carbocycles. The largest absolute Gasteiger partial charge is 0.435 e. The Bertz CT molecular complexity index is 2720. The van der Waals surface area contributed by atoms with Gasteiger partial charge in [-0.15, -0.1) is 0 Å². The summed E-state index contributed by atoms with van der Waals surface area (Å²) in [5.41, 5.74) is 16.7. The van der Waals surface area contributed by atoms with Gasteiger partial charge in [0.1, 0.15) is 23.0 Å². The van der Waals surface area contributed by atoms with E-state index in [1.807, 2.05) is 0 Å². The second-order valence-electron chi connectivity index (χ2n) is 30.4. The Morgan fingerprint density at radius 2 is 0.410 bits per heavy atom. The zero-order valence-corrected chi connectivity index (χ0v) is 55.6. The van der Waals surface area contributed by atoms with Crippen molar-refractivity contribution < 1.29 is 18.1 Å². The molecule has 0 atom stereocenters. The summed E-state index contributed by atoms with van der Waals surface area (Å²) in [6.45, 7) is 63.9. The third-order valence-electron chi connectivity index (χ3n) is 15.2. The van der Waals surface area contributed by atoms with Crippen LogP contribution in [0.2, 0.25) is 0 Å². The van der Waals surface area contributed by atoms with E-state index in [9.17, 15) is 0 Å². The molecule has 0 amide bonds. The van der Waals surface area contributed by atoms with Crippen LogP contribution in [-0.4, -0.2) is 0 Å². The van der Waals surface area contributed by atoms with Crippen molar-refractivity contribution in [2.45, 2.75) is 237 Å². The zero-order chi connectivity index (χ0) is 58.8. The molecule has 0 N–H and O–H groups in total. The van der Waals surface area contributed by atoms with Crippen LogP contribution in [0.3, 0.4) is 0 Å². The van der Waals surface area contributed by atoms with Gasteiger partial charge in [-0.05, 0) is 175 Å². The van der Waals surface area contributed by atoms with Crippen molar-refractivity contribution >= 4 is 27.4 Å². The smallest absolute Gasteiger partial charge is 0.326 e. The predicted octanol–water partition coefficient (Wildman–Crippen LogP) is 21.2. The van der Waals surface area contributed by atoms with Crippen LogP contribution in [0.25, 0.3) is 11.1 Å². The minimum Gasteiger partial charge on any atom is -0.435 e. The Labute approximate surface area is 478 Å². The Hall–Kier alpha value is -4.62. The van der Waals surface area contributed by atoms with Gasteiger partial charge in [-0.1, -0.05) is 215 Å². The molecule has 0 aliphatic rings. The van der Waals surface area contributed by atoms with Gasteiger partial charge in [0, 0.05) is 22.3 Å². The lowest BCUT2D eigenvalue weighted by Gasteiger charge is -2.33. The van der Waals surface area contributed by atoms with Crippen LogP contribution in [0.1, 0.15) is 233 Å². The molecular formula is C72H100O4P2. The highest BCUT2D eigenvalue weighted by molar-refractivity contribution is 7.57. The summed E-state index contributed by atoms with van der Waals surface area (Å²) in [4.78, 5) is 0. The van der Waals surface area contributed by atoms with E-state index in [-0.39, 0.29) is 43.3 Å². The molecular weight excluding hydrogens is 991 g/mol. The highest BCUT2D eigenvalue weighted by atomic mass is 31.2. The summed E-state index contributed by atoms with van der Waals surface area (Å²) in [5, 5.41) is 1.99. The van der Waals surface area contributed by atoms with Crippen molar-refractivity contribution in [2.24, 2.45) is 0 Å². The summed E-state index contributed by atoms with van der Waals surface area (Å²) in [6.07, 6.45) is 0. The maximum Gasteiger partial charge on any atom is 0.326 e. The molecule has 0 aromatic heterocycles. The first-order chi connectivity index (χ1) is 35.4. The van der Waals surface area contributed by atoms with Crippen molar-refractivity contribution in [3.8, 4) is 34.1 Å². The predicted molar refractivity (Wildman–Crippen MR) is 342 cm³/mol. The zero-order valence-electron chi connectivity index (χ0n) is 53.8. The number of rotatable bonds is 11. The van der Waals surface area contributed by atoms with Crippen molar-refractivity contribution in [3.63, 3.8) is 0 Å². The first kappa shape index (κ1) is 62.6. The molecule has 6 aromatic carbocycles. The van der Waals surface area contributed by atoms with Crippen molar-refractivity contribution in [2.75, 3.05) is 0 Å². The first-order valence-corrected chi connectivity index (χ1v) is 30.9. The third kappa shape index (κ3) is 13.9. The number of hydrogen-bond acceptors (Lipinski definition) is 4. The van der Waals surface area contributed by atoms with Crippen LogP contribution in [0.5, 0.6) is 23.0 Å². The maximum absolute atomic E-state index is 7.34. The summed E-state index contributed by atoms with van der Waals surface area (Å²) in [6, 6.07) is 35.4. The standard InChI is InChI=1S/C72H100O4P2/c1-45-53(65(5,6)7)37-41-57(61(45)69(17,18)19)73-77(74-58-42-38-54(66(8,9)10)46(2)62(58)70(20,21)22)51-33-29-49(30-34-51)50-31-35-52(36-32-50)78(75-59-43-39-55(67(11,12)13)47(3)63(59)71(23,24)25)76-60-44-40-56(68(14,15)16)48(4)64(60)72(26,27)28/h29-44H,1-28H3. The topological polar surface area (TPSA) is 36.9 Å². The molecule has 0 radical (unpaired) electrons. The Kier molecular flexibility index (Phi) is 17.7. The lowest BCUT2D eigenvalue weighted by Crippen LogP contribution is -2.22. The van der Waals surface area contributed by atoms with Crippen molar-refractivity contribution in [3.05, 3.63) is 164 Å². The van der Waals surface area contributed by atoms with Gasteiger partial charge in [0.2, 0.25) is 0 Å². The molecule has 0 saturated heterocycles. The van der Waals surface area contributed by atoms with Crippen LogP contribution < -0.4 is 28.7 Å². The van der Waals surface area contributed by atoms with Crippen molar-refractivity contribution in [1.29, 1.82) is 0 Å². The van der Waals surface area contributed by atoms with E-state index >= 15 is 0 Å². The molecule has 0 unspecified atom stereocenters. The molecule has 0 heterocycles. The maximum atomic E-state index is 7.34. The summed E-state index contributed by atoms with van der Waals surface area (Å²) < 4.78 is 29.3. The molecule has 6 aromatic rings. The van der Waals surface area contributed by atoms with E-state index in [2.05, 4.69) is 291 Å². The van der Waals surface area contributed by atoms with Crippen molar-refractivity contribution in [1.82, 2.24) is 0 Å². The second-order valence-corrected chi connectivity index (χ2v) is 33.2. The fourth-order valence-corrected chi connectivity index (χ4v) is 14.8. The Balaban J connectivity index is 1.48. The average molecular weight is 1090 g/mol. The van der Waals surface area contributed by atoms with Gasteiger partial charge < -0.3 is 18.1 Å². The molecule has 0 fully saturated rings. The van der Waals surface area contributed by atoms with E-state index in [1.54, 1.807) is 0 Å². The summed E-state index contributed by atoms with van der Waals surface area (Å²) in [7, 11) is -3.31. The number of hydrogen-bond donors (Lipinski definition) is 0. The summed E-state index contributed by atoms with van der Waals surface area (Å²) >= 11 is 0. The van der Waals surface area contributed by atoms with Crippen LogP contribution in [0.4, 0.5) is 0 Å². The number of benzene rings is 6. The monoisotopic (exact) mass is 1090 g/mol. The molecule has 0 spiro atoms. The quantitative estimate of drug-likeness (QED) is 0.121. The molecule has 0 aliphatic carbocycles. The molecule has 0 bridgehead atoms. The van der Waals surface area contributed by atoms with Gasteiger partial charge in [-0.2, -0.15) is 0 Å². The molecule has 6 heteroatoms. The van der Waals surface area contributed by atoms with Gasteiger partial charge in [0.25, 0.3) is 0 Å². The van der Waals surface area contributed by atoms with E-state index in [0.29, 0.717) is 0 Å². The molecule has 78 heavy (non-hydrogen) atoms. The van der Waals surface area contributed by atoms with Gasteiger partial charge in [0.15, 0.2) is 0 Å². The fourth-order valence-electron chi connectivity index (χ4n) is 12.2. The highest BCUT2D eigenvalue weighted by Crippen LogP contribution is 2.52. The third-order valence-corrected chi connectivity index (χ3v) is 18.0. The van der Waals surface area contributed by atoms with E-state index in [1.165, 1.54) is 66.8 Å². The van der Waals surface area contributed by atoms with E-state index in [0.717, 1.165) is 44.7 Å². The second kappa shape index (κ2) is 22.0. The first-order valence-electron chi connectivity index (χ1n) is 28.5. The lowest BCUT2D eigenvalue weighted by atomic mass is 9.76. The average Bonchev–Trinajstić information content (AvgIpc) is 3.28. The normalized spacial score (nSPS) is 13.4. The molecule has 6 rings (SSSR count). The van der Waals surface area contributed by atoms with Gasteiger partial charge in [0.05, 0.1) is 10.6 Å². The lowest BCUT2D eigenvalue weighted by molar-refractivity contribution is 0.462. The minimum absolute atomic E-state index is 0.0195. The van der Waals surface area contributed by atoms with Crippen LogP contribution >= 0.6 is 16.8 Å². The van der Waals surface area contributed by atoms with E-state index < -0.39 is 16.8 Å². The van der Waals surface area contributed by atoms with Gasteiger partial charge >= 0.3 is 16.8 Å². The SMILES string of the molecule is Cc1c(C(C)(C)C)ccc(OP(Oc2ccc(C(C)(C)C)c(C)c2C(C)(C)C)c2ccc(-c3ccc(P(Oc4ccc(C(C)(C)C)c(C)c4C(C)(C)C)Oc4ccc(C(C)(C)C)c(C)c4C(C)(C)C)cc3)cc2)c1C(C)(C)C. The molecule has 4 nitrogen and oxygen atoms in total.